The lowest BCUT2D eigenvalue weighted by Gasteiger charge is -2.35. The van der Waals surface area contributed by atoms with Crippen molar-refractivity contribution in [3.8, 4) is 0 Å². The van der Waals surface area contributed by atoms with Gasteiger partial charge >= 0.3 is 6.18 Å². The number of amides is 1. The molecule has 2 aromatic carbocycles. The fraction of sp³-hybridized carbons (Fsp3) is 0.238. The molecule has 0 atom stereocenters. The number of aromatic nitrogens is 1. The Bertz CT molecular complexity index is 1020. The molecule has 8 heteroatoms. The van der Waals surface area contributed by atoms with Gasteiger partial charge in [0.25, 0.3) is 0 Å². The minimum atomic E-state index is -4.36. The summed E-state index contributed by atoms with van der Waals surface area (Å²) in [6.45, 7) is 1.89. The lowest BCUT2D eigenvalue weighted by Crippen LogP contribution is -2.48. The van der Waals surface area contributed by atoms with E-state index in [0.29, 0.717) is 31.9 Å². The van der Waals surface area contributed by atoms with Crippen molar-refractivity contribution in [2.75, 3.05) is 31.1 Å². The van der Waals surface area contributed by atoms with Gasteiger partial charge in [0.05, 0.1) is 15.8 Å². The molecule has 0 unspecified atom stereocenters. The largest absolute Gasteiger partial charge is 0.416 e. The number of hydrogen-bond acceptors (Lipinski definition) is 4. The van der Waals surface area contributed by atoms with Crippen molar-refractivity contribution in [2.45, 2.75) is 6.18 Å². The summed E-state index contributed by atoms with van der Waals surface area (Å²) >= 11 is 1.52. The van der Waals surface area contributed by atoms with E-state index < -0.39 is 11.7 Å². The fourth-order valence-electron chi connectivity index (χ4n) is 3.27. The summed E-state index contributed by atoms with van der Waals surface area (Å²) in [6, 6.07) is 13.1. The van der Waals surface area contributed by atoms with E-state index in [2.05, 4.69) is 4.98 Å². The molecule has 1 fully saturated rings. The number of piperazine rings is 1. The first-order chi connectivity index (χ1) is 13.9. The molecule has 0 aliphatic carbocycles. The van der Waals surface area contributed by atoms with E-state index in [-0.39, 0.29) is 5.91 Å². The Kier molecular flexibility index (Phi) is 5.27. The third-order valence-corrected chi connectivity index (χ3v) is 5.81. The monoisotopic (exact) mass is 417 g/mol. The van der Waals surface area contributed by atoms with Crippen LogP contribution in [0.2, 0.25) is 0 Å². The number of hydrogen-bond donors (Lipinski definition) is 0. The second kappa shape index (κ2) is 7.87. The summed E-state index contributed by atoms with van der Waals surface area (Å²) in [5, 5.41) is 0.766. The average Bonchev–Trinajstić information content (AvgIpc) is 3.15. The predicted molar refractivity (Wildman–Crippen MR) is 109 cm³/mol. The zero-order valence-electron chi connectivity index (χ0n) is 15.4. The van der Waals surface area contributed by atoms with Crippen LogP contribution in [0.25, 0.3) is 16.3 Å². The standard InChI is InChI=1S/C21H18F3N3OS/c22-21(23,24)15-4-3-5-16(14-15)26-10-12-27(13-11-26)20(28)9-8-19-25-17-6-1-2-7-18(17)29-19/h1-9,14H,10-13H2/b9-8+. The van der Waals surface area contributed by atoms with Gasteiger partial charge in [-0.15, -0.1) is 11.3 Å². The predicted octanol–water partition coefficient (Wildman–Crippen LogP) is 4.68. The van der Waals surface area contributed by atoms with Gasteiger partial charge < -0.3 is 9.80 Å². The van der Waals surface area contributed by atoms with Crippen molar-refractivity contribution in [2.24, 2.45) is 0 Å². The van der Waals surface area contributed by atoms with Crippen molar-refractivity contribution in [1.29, 1.82) is 0 Å². The first-order valence-corrected chi connectivity index (χ1v) is 9.96. The van der Waals surface area contributed by atoms with Crippen LogP contribution in [0.4, 0.5) is 18.9 Å². The van der Waals surface area contributed by atoms with Gasteiger partial charge in [-0.2, -0.15) is 13.2 Å². The highest BCUT2D eigenvalue weighted by Gasteiger charge is 2.31. The smallest absolute Gasteiger partial charge is 0.368 e. The molecular formula is C21H18F3N3OS. The number of benzene rings is 2. The summed E-state index contributed by atoms with van der Waals surface area (Å²) in [6.07, 6.45) is -1.14. The van der Waals surface area contributed by atoms with Gasteiger partial charge in [0.2, 0.25) is 5.91 Å². The molecule has 1 saturated heterocycles. The number of carbonyl (C=O) groups excluding carboxylic acids is 1. The topological polar surface area (TPSA) is 36.4 Å². The first-order valence-electron chi connectivity index (χ1n) is 9.15. The zero-order valence-corrected chi connectivity index (χ0v) is 16.2. The van der Waals surface area contributed by atoms with Crippen molar-refractivity contribution in [3.05, 3.63) is 65.2 Å². The van der Waals surface area contributed by atoms with Gasteiger partial charge in [-0.1, -0.05) is 18.2 Å². The number of rotatable bonds is 3. The summed E-state index contributed by atoms with van der Waals surface area (Å²) in [5.41, 5.74) is 0.767. The molecule has 4 rings (SSSR count). The van der Waals surface area contributed by atoms with Crippen LogP contribution < -0.4 is 4.90 Å². The molecule has 0 spiro atoms. The second-order valence-electron chi connectivity index (χ2n) is 6.71. The van der Waals surface area contributed by atoms with Crippen LogP contribution in [0.5, 0.6) is 0 Å². The number of alkyl halides is 3. The highest BCUT2D eigenvalue weighted by Crippen LogP contribution is 2.32. The summed E-state index contributed by atoms with van der Waals surface area (Å²) in [4.78, 5) is 20.5. The number of nitrogens with zero attached hydrogens (tertiary/aromatic N) is 3. The van der Waals surface area contributed by atoms with Crippen molar-refractivity contribution < 1.29 is 18.0 Å². The van der Waals surface area contributed by atoms with E-state index in [4.69, 9.17) is 0 Å². The average molecular weight is 417 g/mol. The Hall–Kier alpha value is -2.87. The Morgan fingerprint density at radius 3 is 2.52 bits per heavy atom. The molecule has 29 heavy (non-hydrogen) atoms. The molecule has 0 N–H and O–H groups in total. The van der Waals surface area contributed by atoms with Crippen LogP contribution in [0.1, 0.15) is 10.6 Å². The number of para-hydroxylation sites is 1. The van der Waals surface area contributed by atoms with E-state index >= 15 is 0 Å². The van der Waals surface area contributed by atoms with Gasteiger partial charge in [-0.3, -0.25) is 4.79 Å². The SMILES string of the molecule is O=C(/C=C/c1nc2ccccc2s1)N1CCN(c2cccc(C(F)(F)F)c2)CC1. The van der Waals surface area contributed by atoms with Crippen LogP contribution in [-0.4, -0.2) is 42.0 Å². The molecule has 4 nitrogen and oxygen atoms in total. The maximum Gasteiger partial charge on any atom is 0.416 e. The van der Waals surface area contributed by atoms with E-state index in [1.165, 1.54) is 23.5 Å². The number of anilines is 1. The molecule has 1 aliphatic heterocycles. The third-order valence-electron chi connectivity index (χ3n) is 4.81. The minimum absolute atomic E-state index is 0.118. The van der Waals surface area contributed by atoms with Crippen LogP contribution >= 0.6 is 11.3 Å². The number of thiazole rings is 1. The van der Waals surface area contributed by atoms with Gasteiger partial charge in [0.15, 0.2) is 0 Å². The lowest BCUT2D eigenvalue weighted by molar-refractivity contribution is -0.137. The number of halogens is 3. The van der Waals surface area contributed by atoms with Crippen LogP contribution in [-0.2, 0) is 11.0 Å². The van der Waals surface area contributed by atoms with E-state index in [0.717, 1.165) is 27.4 Å². The summed E-state index contributed by atoms with van der Waals surface area (Å²) in [7, 11) is 0. The molecule has 1 aliphatic rings. The molecule has 3 aromatic rings. The molecule has 1 aromatic heterocycles. The number of fused-ring (bicyclic) bond motifs is 1. The molecular weight excluding hydrogens is 399 g/mol. The van der Waals surface area contributed by atoms with Gasteiger partial charge in [0, 0.05) is 37.9 Å². The minimum Gasteiger partial charge on any atom is -0.368 e. The fourth-order valence-corrected chi connectivity index (χ4v) is 4.14. The Morgan fingerprint density at radius 1 is 1.03 bits per heavy atom. The van der Waals surface area contributed by atoms with Gasteiger partial charge in [-0.25, -0.2) is 4.98 Å². The van der Waals surface area contributed by atoms with Crippen LogP contribution in [0.15, 0.2) is 54.6 Å². The molecule has 1 amide bonds. The van der Waals surface area contributed by atoms with Gasteiger partial charge in [0.1, 0.15) is 5.01 Å². The highest BCUT2D eigenvalue weighted by atomic mass is 32.1. The van der Waals surface area contributed by atoms with E-state index in [1.54, 1.807) is 17.0 Å². The normalized spacial score (nSPS) is 15.4. The zero-order chi connectivity index (χ0) is 20.4. The van der Waals surface area contributed by atoms with E-state index in [1.807, 2.05) is 29.2 Å². The molecule has 2 heterocycles. The van der Waals surface area contributed by atoms with Gasteiger partial charge in [-0.05, 0) is 36.4 Å². The number of carbonyl (C=O) groups is 1. The Morgan fingerprint density at radius 2 is 1.79 bits per heavy atom. The molecule has 150 valence electrons. The maximum absolute atomic E-state index is 12.9. The Balaban J connectivity index is 1.37. The van der Waals surface area contributed by atoms with Crippen molar-refractivity contribution >= 4 is 39.2 Å². The lowest BCUT2D eigenvalue weighted by atomic mass is 10.1. The van der Waals surface area contributed by atoms with Crippen molar-refractivity contribution in [3.63, 3.8) is 0 Å². The maximum atomic E-state index is 12.9. The Labute approximate surface area is 169 Å². The first kappa shape index (κ1) is 19.4. The van der Waals surface area contributed by atoms with Crippen molar-refractivity contribution in [1.82, 2.24) is 9.88 Å². The highest BCUT2D eigenvalue weighted by molar-refractivity contribution is 7.19. The molecule has 0 saturated carbocycles. The van der Waals surface area contributed by atoms with Crippen LogP contribution in [0.3, 0.4) is 0 Å². The molecule has 0 radical (unpaired) electrons. The second-order valence-corrected chi connectivity index (χ2v) is 7.78. The summed E-state index contributed by atoms with van der Waals surface area (Å²) < 4.78 is 39.8. The summed E-state index contributed by atoms with van der Waals surface area (Å²) in [5.74, 6) is -0.118. The third kappa shape index (κ3) is 4.42. The van der Waals surface area contributed by atoms with Crippen LogP contribution in [0, 0.1) is 0 Å². The van der Waals surface area contributed by atoms with E-state index in [9.17, 15) is 18.0 Å². The quantitative estimate of drug-likeness (QED) is 0.581. The molecule has 0 bridgehead atoms.